The molecule has 1 heterocycles. The Labute approximate surface area is 149 Å². The summed E-state index contributed by atoms with van der Waals surface area (Å²) in [5.41, 5.74) is 2.17. The number of ether oxygens (including phenoxy) is 1. The Kier molecular flexibility index (Phi) is 6.07. The van der Waals surface area contributed by atoms with E-state index in [4.69, 9.17) is 4.74 Å². The van der Waals surface area contributed by atoms with Crippen LogP contribution >= 0.6 is 0 Å². The largest absolute Gasteiger partial charge is 0.494 e. The number of hydrogen-bond donors (Lipinski definition) is 1. The van der Waals surface area contributed by atoms with Gasteiger partial charge in [0.25, 0.3) is 0 Å². The van der Waals surface area contributed by atoms with Crippen molar-refractivity contribution in [1.82, 2.24) is 4.90 Å². The van der Waals surface area contributed by atoms with Gasteiger partial charge >= 0.3 is 0 Å². The van der Waals surface area contributed by atoms with E-state index in [1.54, 1.807) is 0 Å². The number of carbonyl (C=O) groups is 1. The van der Waals surface area contributed by atoms with Crippen molar-refractivity contribution in [3.8, 4) is 5.75 Å². The minimum Gasteiger partial charge on any atom is -0.494 e. The Morgan fingerprint density at radius 1 is 1.08 bits per heavy atom. The lowest BCUT2D eigenvalue weighted by Crippen LogP contribution is -2.37. The Balaban J connectivity index is 1.46. The summed E-state index contributed by atoms with van der Waals surface area (Å²) >= 11 is 0. The second-order valence-electron chi connectivity index (χ2n) is 6.48. The highest BCUT2D eigenvalue weighted by molar-refractivity contribution is 5.92. The Bertz CT molecular complexity index is 662. The van der Waals surface area contributed by atoms with E-state index in [0.717, 1.165) is 43.9 Å². The van der Waals surface area contributed by atoms with E-state index in [1.165, 1.54) is 5.56 Å². The van der Waals surface area contributed by atoms with Gasteiger partial charge in [0.1, 0.15) is 5.75 Å². The van der Waals surface area contributed by atoms with Crippen LogP contribution in [0.1, 0.15) is 25.3 Å². The summed E-state index contributed by atoms with van der Waals surface area (Å²) in [5, 5.41) is 3.03. The van der Waals surface area contributed by atoms with Gasteiger partial charge in [0, 0.05) is 18.2 Å². The van der Waals surface area contributed by atoms with Crippen molar-refractivity contribution in [2.24, 2.45) is 5.92 Å². The molecule has 0 aromatic heterocycles. The van der Waals surface area contributed by atoms with Crippen LogP contribution < -0.4 is 10.1 Å². The van der Waals surface area contributed by atoms with Crippen molar-refractivity contribution in [3.05, 3.63) is 60.2 Å². The summed E-state index contributed by atoms with van der Waals surface area (Å²) in [7, 11) is 0. The minimum atomic E-state index is 0.0959. The molecule has 1 fully saturated rings. The SMILES string of the molecule is CCOc1ccc(NC(=O)C2CCN(Cc3ccccc3)CC2)cc1. The van der Waals surface area contributed by atoms with Crippen LogP contribution in [-0.2, 0) is 11.3 Å². The van der Waals surface area contributed by atoms with Crippen LogP contribution in [0.25, 0.3) is 0 Å². The lowest BCUT2D eigenvalue weighted by atomic mass is 9.95. The monoisotopic (exact) mass is 338 g/mol. The number of nitrogens with zero attached hydrogens (tertiary/aromatic N) is 1. The van der Waals surface area contributed by atoms with Crippen LogP contribution in [0.3, 0.4) is 0 Å². The van der Waals surface area contributed by atoms with E-state index >= 15 is 0 Å². The molecule has 0 aliphatic carbocycles. The molecule has 0 atom stereocenters. The average Bonchev–Trinajstić information content (AvgIpc) is 2.65. The number of piperidine rings is 1. The van der Waals surface area contributed by atoms with Crippen molar-refractivity contribution in [1.29, 1.82) is 0 Å². The Morgan fingerprint density at radius 2 is 1.76 bits per heavy atom. The first-order valence-electron chi connectivity index (χ1n) is 9.04. The van der Waals surface area contributed by atoms with Crippen LogP contribution in [0, 0.1) is 5.92 Å². The van der Waals surface area contributed by atoms with Crippen LogP contribution in [0.2, 0.25) is 0 Å². The fraction of sp³-hybridized carbons (Fsp3) is 0.381. The number of carbonyl (C=O) groups excluding carboxylic acids is 1. The Hall–Kier alpha value is -2.33. The zero-order valence-electron chi connectivity index (χ0n) is 14.8. The zero-order chi connectivity index (χ0) is 17.5. The first kappa shape index (κ1) is 17.5. The van der Waals surface area contributed by atoms with Crippen molar-refractivity contribution in [2.45, 2.75) is 26.3 Å². The predicted molar refractivity (Wildman–Crippen MR) is 101 cm³/mol. The molecule has 0 unspecified atom stereocenters. The molecule has 132 valence electrons. The fourth-order valence-corrected chi connectivity index (χ4v) is 3.24. The highest BCUT2D eigenvalue weighted by Gasteiger charge is 2.25. The summed E-state index contributed by atoms with van der Waals surface area (Å²) in [6, 6.07) is 18.1. The summed E-state index contributed by atoms with van der Waals surface area (Å²) in [4.78, 5) is 14.9. The number of nitrogens with one attached hydrogen (secondary N) is 1. The maximum absolute atomic E-state index is 12.5. The van der Waals surface area contributed by atoms with Crippen LogP contribution in [0.15, 0.2) is 54.6 Å². The summed E-state index contributed by atoms with van der Waals surface area (Å²) in [5.74, 6) is 1.05. The van der Waals surface area contributed by atoms with Gasteiger partial charge in [-0.25, -0.2) is 0 Å². The summed E-state index contributed by atoms with van der Waals surface area (Å²) in [6.45, 7) is 5.51. The van der Waals surface area contributed by atoms with Gasteiger partial charge in [-0.1, -0.05) is 30.3 Å². The lowest BCUT2D eigenvalue weighted by molar-refractivity contribution is -0.121. The zero-order valence-corrected chi connectivity index (χ0v) is 14.8. The smallest absolute Gasteiger partial charge is 0.227 e. The molecule has 4 nitrogen and oxygen atoms in total. The van der Waals surface area contributed by atoms with Gasteiger partial charge < -0.3 is 10.1 Å². The first-order valence-corrected chi connectivity index (χ1v) is 9.04. The number of likely N-dealkylation sites (tertiary alicyclic amines) is 1. The minimum absolute atomic E-state index is 0.0959. The van der Waals surface area contributed by atoms with Crippen LogP contribution in [-0.4, -0.2) is 30.5 Å². The molecular weight excluding hydrogens is 312 g/mol. The van der Waals surface area contributed by atoms with E-state index in [-0.39, 0.29) is 11.8 Å². The van der Waals surface area contributed by atoms with E-state index in [1.807, 2.05) is 37.3 Å². The predicted octanol–water partition coefficient (Wildman–Crippen LogP) is 3.94. The maximum Gasteiger partial charge on any atom is 0.227 e. The molecule has 25 heavy (non-hydrogen) atoms. The van der Waals surface area contributed by atoms with Gasteiger partial charge in [-0.3, -0.25) is 9.69 Å². The number of amides is 1. The van der Waals surface area contributed by atoms with Crippen molar-refractivity contribution in [2.75, 3.05) is 25.0 Å². The molecule has 0 bridgehead atoms. The third kappa shape index (κ3) is 5.07. The van der Waals surface area contributed by atoms with Crippen molar-refractivity contribution < 1.29 is 9.53 Å². The number of hydrogen-bond acceptors (Lipinski definition) is 3. The fourth-order valence-electron chi connectivity index (χ4n) is 3.24. The number of rotatable bonds is 6. The topological polar surface area (TPSA) is 41.6 Å². The van der Waals surface area contributed by atoms with Gasteiger partial charge in [0.2, 0.25) is 5.91 Å². The van der Waals surface area contributed by atoms with E-state index in [9.17, 15) is 4.79 Å². The highest BCUT2D eigenvalue weighted by Crippen LogP contribution is 2.22. The molecule has 4 heteroatoms. The molecule has 1 amide bonds. The third-order valence-electron chi connectivity index (χ3n) is 4.64. The molecule has 2 aromatic rings. The highest BCUT2D eigenvalue weighted by atomic mass is 16.5. The van der Waals surface area contributed by atoms with E-state index < -0.39 is 0 Å². The average molecular weight is 338 g/mol. The molecule has 1 aliphatic rings. The van der Waals surface area contributed by atoms with Crippen LogP contribution in [0.4, 0.5) is 5.69 Å². The second kappa shape index (κ2) is 8.67. The third-order valence-corrected chi connectivity index (χ3v) is 4.64. The first-order chi connectivity index (χ1) is 12.2. The van der Waals surface area contributed by atoms with Gasteiger partial charge in [-0.2, -0.15) is 0 Å². The normalized spacial score (nSPS) is 15.7. The van der Waals surface area contributed by atoms with Crippen LogP contribution in [0.5, 0.6) is 5.75 Å². The van der Waals surface area contributed by atoms with E-state index in [2.05, 4.69) is 34.5 Å². The molecular formula is C21H26N2O2. The molecule has 2 aromatic carbocycles. The van der Waals surface area contributed by atoms with Gasteiger partial charge in [-0.05, 0) is 62.7 Å². The summed E-state index contributed by atoms with van der Waals surface area (Å²) in [6.07, 6.45) is 1.82. The Morgan fingerprint density at radius 3 is 2.40 bits per heavy atom. The maximum atomic E-state index is 12.5. The van der Waals surface area contributed by atoms with Gasteiger partial charge in [0.05, 0.1) is 6.61 Å². The lowest BCUT2D eigenvalue weighted by Gasteiger charge is -2.31. The standard InChI is InChI=1S/C21H26N2O2/c1-2-25-20-10-8-19(9-11-20)22-21(24)18-12-14-23(15-13-18)16-17-6-4-3-5-7-17/h3-11,18H,2,12-16H2,1H3,(H,22,24). The molecule has 0 saturated carbocycles. The molecule has 1 aliphatic heterocycles. The second-order valence-corrected chi connectivity index (χ2v) is 6.48. The quantitative estimate of drug-likeness (QED) is 0.867. The summed E-state index contributed by atoms with van der Waals surface area (Å²) < 4.78 is 5.42. The molecule has 0 spiro atoms. The van der Waals surface area contributed by atoms with E-state index in [0.29, 0.717) is 6.61 Å². The number of anilines is 1. The molecule has 0 radical (unpaired) electrons. The molecule has 3 rings (SSSR count). The number of benzene rings is 2. The van der Waals surface area contributed by atoms with Gasteiger partial charge in [-0.15, -0.1) is 0 Å². The van der Waals surface area contributed by atoms with Crippen molar-refractivity contribution in [3.63, 3.8) is 0 Å². The van der Waals surface area contributed by atoms with Crippen molar-refractivity contribution >= 4 is 11.6 Å². The van der Waals surface area contributed by atoms with Gasteiger partial charge in [0.15, 0.2) is 0 Å². The molecule has 1 saturated heterocycles. The molecule has 1 N–H and O–H groups in total.